The van der Waals surface area contributed by atoms with Crippen molar-refractivity contribution >= 4 is 29.3 Å². The fourth-order valence-electron chi connectivity index (χ4n) is 3.16. The Kier molecular flexibility index (Phi) is 8.55. The van der Waals surface area contributed by atoms with E-state index in [1.165, 1.54) is 23.5 Å². The van der Waals surface area contributed by atoms with Gasteiger partial charge in [0.25, 0.3) is 0 Å². The quantitative estimate of drug-likeness (QED) is 0.215. The van der Waals surface area contributed by atoms with E-state index < -0.39 is 11.2 Å². The summed E-state index contributed by atoms with van der Waals surface area (Å²) in [5.74, 6) is 0.334. The van der Waals surface area contributed by atoms with Crippen molar-refractivity contribution in [2.75, 3.05) is 19.4 Å². The molecular formula is C24H23NO4S2. The largest absolute Gasteiger partial charge is 0.497 e. The van der Waals surface area contributed by atoms with E-state index in [4.69, 9.17) is 4.74 Å². The van der Waals surface area contributed by atoms with Gasteiger partial charge in [0, 0.05) is 14.7 Å². The topological polar surface area (TPSA) is 69.4 Å². The van der Waals surface area contributed by atoms with Gasteiger partial charge in [0.2, 0.25) is 6.54 Å². The van der Waals surface area contributed by atoms with E-state index in [9.17, 15) is 14.9 Å². The Labute approximate surface area is 190 Å². The molecule has 0 heterocycles. The molecule has 0 fully saturated rings. The van der Waals surface area contributed by atoms with Crippen molar-refractivity contribution in [2.24, 2.45) is 0 Å². The molecule has 7 heteroatoms. The first-order valence-corrected chi connectivity index (χ1v) is 11.6. The first-order chi connectivity index (χ1) is 15.1. The Morgan fingerprint density at radius 3 is 2.06 bits per heavy atom. The molecule has 2 atom stereocenters. The third-order valence-electron chi connectivity index (χ3n) is 4.70. The number of Topliss-reactive ketones (excluding diaryl/α,β-unsaturated/α-hetero) is 1. The lowest BCUT2D eigenvalue weighted by molar-refractivity contribution is -0.483. The smallest absolute Gasteiger partial charge is 0.212 e. The van der Waals surface area contributed by atoms with Crippen molar-refractivity contribution in [2.45, 2.75) is 21.0 Å². The molecule has 0 aliphatic heterocycles. The van der Waals surface area contributed by atoms with Gasteiger partial charge in [-0.2, -0.15) is 0 Å². The van der Waals surface area contributed by atoms with E-state index in [1.807, 2.05) is 72.8 Å². The van der Waals surface area contributed by atoms with Crippen molar-refractivity contribution in [1.82, 2.24) is 0 Å². The highest BCUT2D eigenvalue weighted by Crippen LogP contribution is 2.36. The molecule has 0 saturated heterocycles. The summed E-state index contributed by atoms with van der Waals surface area (Å²) >= 11 is 2.84. The molecule has 0 N–H and O–H groups in total. The zero-order valence-electron chi connectivity index (χ0n) is 17.0. The molecule has 3 rings (SSSR count). The van der Waals surface area contributed by atoms with Gasteiger partial charge in [0.15, 0.2) is 5.78 Å². The molecule has 160 valence electrons. The Hall–Kier alpha value is -2.77. The molecule has 0 radical (unpaired) electrons. The Balaban J connectivity index is 1.89. The van der Waals surface area contributed by atoms with Crippen LogP contribution >= 0.6 is 23.5 Å². The van der Waals surface area contributed by atoms with Crippen LogP contribution in [0.3, 0.4) is 0 Å². The SMILES string of the molecule is COc1ccc(C(C[N+](=O)[O-])C(Sc2ccccc2)C(=O)CSc2ccccc2)cc1. The molecule has 3 aromatic carbocycles. The summed E-state index contributed by atoms with van der Waals surface area (Å²) < 4.78 is 5.21. The van der Waals surface area contributed by atoms with Gasteiger partial charge in [0.05, 0.1) is 24.0 Å². The van der Waals surface area contributed by atoms with Gasteiger partial charge in [-0.25, -0.2) is 0 Å². The molecule has 3 aromatic rings. The van der Waals surface area contributed by atoms with Crippen LogP contribution in [0.15, 0.2) is 94.7 Å². The summed E-state index contributed by atoms with van der Waals surface area (Å²) in [6.07, 6.45) is 0. The third kappa shape index (κ3) is 6.87. The van der Waals surface area contributed by atoms with E-state index in [2.05, 4.69) is 0 Å². The highest BCUT2D eigenvalue weighted by atomic mass is 32.2. The number of rotatable bonds is 11. The number of methoxy groups -OCH3 is 1. The predicted octanol–water partition coefficient (Wildman–Crippen LogP) is 5.58. The molecule has 0 spiro atoms. The summed E-state index contributed by atoms with van der Waals surface area (Å²) in [5.41, 5.74) is 0.754. The van der Waals surface area contributed by atoms with Crippen LogP contribution in [-0.2, 0) is 4.79 Å². The summed E-state index contributed by atoms with van der Waals surface area (Å²) in [4.78, 5) is 26.4. The fourth-order valence-corrected chi connectivity index (χ4v) is 5.33. The first kappa shape index (κ1) is 22.9. The number of hydrogen-bond acceptors (Lipinski definition) is 6. The van der Waals surface area contributed by atoms with Crippen molar-refractivity contribution in [3.63, 3.8) is 0 Å². The zero-order chi connectivity index (χ0) is 22.1. The normalized spacial score (nSPS) is 12.7. The number of carbonyl (C=O) groups excluding carboxylic acids is 1. The Morgan fingerprint density at radius 2 is 1.52 bits per heavy atom. The molecule has 0 saturated carbocycles. The van der Waals surface area contributed by atoms with Gasteiger partial charge in [-0.15, -0.1) is 23.5 Å². The molecule has 2 unspecified atom stereocenters. The number of hydrogen-bond donors (Lipinski definition) is 0. The van der Waals surface area contributed by atoms with Crippen LogP contribution in [-0.4, -0.2) is 35.4 Å². The number of ether oxygens (including phenoxy) is 1. The lowest BCUT2D eigenvalue weighted by Gasteiger charge is -2.23. The summed E-state index contributed by atoms with van der Waals surface area (Å²) in [5, 5.41) is 10.9. The monoisotopic (exact) mass is 453 g/mol. The third-order valence-corrected chi connectivity index (χ3v) is 7.13. The van der Waals surface area contributed by atoms with Crippen LogP contribution in [0.2, 0.25) is 0 Å². The lowest BCUT2D eigenvalue weighted by Crippen LogP contribution is -2.31. The van der Waals surface area contributed by atoms with Crippen LogP contribution in [0.1, 0.15) is 11.5 Å². The average molecular weight is 454 g/mol. The number of carbonyl (C=O) groups is 1. The van der Waals surface area contributed by atoms with Crippen LogP contribution in [0, 0.1) is 10.1 Å². The van der Waals surface area contributed by atoms with Crippen LogP contribution in [0.25, 0.3) is 0 Å². The highest BCUT2D eigenvalue weighted by Gasteiger charge is 2.34. The predicted molar refractivity (Wildman–Crippen MR) is 126 cm³/mol. The van der Waals surface area contributed by atoms with Gasteiger partial charge in [-0.3, -0.25) is 14.9 Å². The average Bonchev–Trinajstić information content (AvgIpc) is 2.81. The number of ketones is 1. The standard InChI is InChI=1S/C24H23NO4S2/c1-29-19-14-12-18(13-15-19)22(16-25(27)28)24(31-21-10-6-3-7-11-21)23(26)17-30-20-8-4-2-5-9-20/h2-15,22,24H,16-17H2,1H3. The minimum Gasteiger partial charge on any atom is -0.497 e. The van der Waals surface area contributed by atoms with Gasteiger partial charge in [-0.05, 0) is 42.0 Å². The minimum absolute atomic E-state index is 0.0228. The maximum Gasteiger partial charge on any atom is 0.212 e. The number of thioether (sulfide) groups is 2. The molecule has 31 heavy (non-hydrogen) atoms. The van der Waals surface area contributed by atoms with Gasteiger partial charge in [0.1, 0.15) is 5.75 Å². The zero-order valence-corrected chi connectivity index (χ0v) is 18.7. The van der Waals surface area contributed by atoms with Gasteiger partial charge < -0.3 is 4.74 Å². The van der Waals surface area contributed by atoms with Crippen LogP contribution in [0.5, 0.6) is 5.75 Å². The van der Waals surface area contributed by atoms with E-state index in [0.29, 0.717) is 5.75 Å². The van der Waals surface area contributed by atoms with Crippen LogP contribution in [0.4, 0.5) is 0 Å². The summed E-state index contributed by atoms with van der Waals surface area (Å²) in [6.45, 7) is -0.321. The maximum absolute atomic E-state index is 13.4. The summed E-state index contributed by atoms with van der Waals surface area (Å²) in [6, 6.07) is 26.4. The van der Waals surface area contributed by atoms with Crippen LogP contribution < -0.4 is 4.74 Å². The summed E-state index contributed by atoms with van der Waals surface area (Å²) in [7, 11) is 1.57. The van der Waals surface area contributed by atoms with Gasteiger partial charge in [-0.1, -0.05) is 48.5 Å². The van der Waals surface area contributed by atoms with Crippen molar-refractivity contribution in [1.29, 1.82) is 0 Å². The number of nitro groups is 1. The highest BCUT2D eigenvalue weighted by molar-refractivity contribution is 8.02. The molecular weight excluding hydrogens is 430 g/mol. The van der Waals surface area contributed by atoms with E-state index >= 15 is 0 Å². The van der Waals surface area contributed by atoms with Gasteiger partial charge >= 0.3 is 0 Å². The Morgan fingerprint density at radius 1 is 0.935 bits per heavy atom. The second-order valence-electron chi connectivity index (χ2n) is 6.81. The number of benzene rings is 3. The van der Waals surface area contributed by atoms with E-state index in [1.54, 1.807) is 19.2 Å². The minimum atomic E-state index is -0.586. The first-order valence-electron chi connectivity index (χ1n) is 9.75. The second-order valence-corrected chi connectivity index (χ2v) is 9.08. The maximum atomic E-state index is 13.4. The Bertz CT molecular complexity index is 981. The van der Waals surface area contributed by atoms with E-state index in [-0.39, 0.29) is 23.0 Å². The van der Waals surface area contributed by atoms with Crippen molar-refractivity contribution in [3.8, 4) is 5.75 Å². The van der Waals surface area contributed by atoms with Crippen molar-refractivity contribution < 1.29 is 14.5 Å². The molecule has 0 aromatic heterocycles. The fraction of sp³-hybridized carbons (Fsp3) is 0.208. The molecule has 0 aliphatic rings. The molecule has 0 bridgehead atoms. The lowest BCUT2D eigenvalue weighted by atomic mass is 9.93. The molecule has 0 aliphatic carbocycles. The van der Waals surface area contributed by atoms with E-state index in [0.717, 1.165) is 15.4 Å². The molecule has 0 amide bonds. The molecule has 5 nitrogen and oxygen atoms in total. The van der Waals surface area contributed by atoms with Crippen molar-refractivity contribution in [3.05, 3.63) is 101 Å². The second kappa shape index (κ2) is 11.6. The number of nitrogens with zero attached hydrogens (tertiary/aromatic N) is 1.